The molecule has 0 saturated heterocycles. The van der Waals surface area contributed by atoms with Gasteiger partial charge in [-0.05, 0) is 39.0 Å². The summed E-state index contributed by atoms with van der Waals surface area (Å²) >= 11 is 1.48. The van der Waals surface area contributed by atoms with Crippen molar-refractivity contribution in [1.29, 1.82) is 0 Å². The van der Waals surface area contributed by atoms with Crippen LogP contribution in [0.5, 0.6) is 5.75 Å². The Morgan fingerprint density at radius 2 is 2.21 bits per heavy atom. The van der Waals surface area contributed by atoms with E-state index in [0.717, 1.165) is 27.2 Å². The highest BCUT2D eigenvalue weighted by atomic mass is 32.2. The zero-order valence-electron chi connectivity index (χ0n) is 11.5. The molecule has 0 amide bonds. The number of rotatable bonds is 5. The smallest absolute Gasteiger partial charge is 0.148 e. The number of thioether (sulfide) groups is 1. The third kappa shape index (κ3) is 5.57. The van der Waals surface area contributed by atoms with Gasteiger partial charge in [0.2, 0.25) is 0 Å². The number of nitrogens with zero attached hydrogens (tertiary/aromatic N) is 2. The van der Waals surface area contributed by atoms with Gasteiger partial charge in [-0.25, -0.2) is 0 Å². The Kier molecular flexibility index (Phi) is 6.09. The molecule has 0 unspecified atom stereocenters. The van der Waals surface area contributed by atoms with Gasteiger partial charge in [-0.15, -0.1) is 0 Å². The Hall–Kier alpha value is -1.81. The molecule has 4 heteroatoms. The van der Waals surface area contributed by atoms with Crippen molar-refractivity contribution < 1.29 is 4.74 Å². The molecule has 0 spiro atoms. The number of aliphatic imine (C=N–C) groups is 1. The first kappa shape index (κ1) is 15.2. The minimum Gasteiger partial charge on any atom is -0.460 e. The summed E-state index contributed by atoms with van der Waals surface area (Å²) in [7, 11) is 0. The highest BCUT2D eigenvalue weighted by Crippen LogP contribution is 2.21. The Labute approximate surface area is 118 Å². The molecular weight excluding hydrogens is 256 g/mol. The van der Waals surface area contributed by atoms with Crippen LogP contribution in [0, 0.1) is 6.92 Å². The van der Waals surface area contributed by atoms with E-state index in [1.165, 1.54) is 18.0 Å². The molecule has 0 atom stereocenters. The van der Waals surface area contributed by atoms with Gasteiger partial charge in [-0.3, -0.25) is 9.98 Å². The van der Waals surface area contributed by atoms with Crippen LogP contribution < -0.4 is 4.74 Å². The van der Waals surface area contributed by atoms with E-state index in [4.69, 9.17) is 4.74 Å². The second kappa shape index (κ2) is 7.59. The largest absolute Gasteiger partial charge is 0.460 e. The van der Waals surface area contributed by atoms with Gasteiger partial charge >= 0.3 is 0 Å². The molecule has 0 bridgehead atoms. The summed E-state index contributed by atoms with van der Waals surface area (Å²) in [5.41, 5.74) is 0.859. The highest BCUT2D eigenvalue weighted by Gasteiger charge is 2.02. The number of hydrogen-bond acceptors (Lipinski definition) is 4. The van der Waals surface area contributed by atoms with Gasteiger partial charge in [-0.2, -0.15) is 0 Å². The maximum absolute atomic E-state index is 5.72. The van der Waals surface area contributed by atoms with Crippen LogP contribution in [0.3, 0.4) is 0 Å². The lowest BCUT2D eigenvalue weighted by Gasteiger charge is -2.08. The van der Waals surface area contributed by atoms with E-state index in [2.05, 4.69) is 23.1 Å². The van der Waals surface area contributed by atoms with Crippen LogP contribution in [0.25, 0.3) is 0 Å². The Morgan fingerprint density at radius 1 is 1.47 bits per heavy atom. The summed E-state index contributed by atoms with van der Waals surface area (Å²) in [6.45, 7) is 13.2. The maximum atomic E-state index is 5.72. The number of hydrogen-bond donors (Lipinski definition) is 0. The van der Waals surface area contributed by atoms with Crippen molar-refractivity contribution in [3.8, 4) is 5.75 Å². The number of aryl methyl sites for hydroxylation is 1. The zero-order chi connectivity index (χ0) is 14.3. The van der Waals surface area contributed by atoms with Crippen LogP contribution in [0.2, 0.25) is 0 Å². The van der Waals surface area contributed by atoms with E-state index in [1.54, 1.807) is 6.20 Å². The van der Waals surface area contributed by atoms with Gasteiger partial charge in [-0.1, -0.05) is 24.9 Å². The highest BCUT2D eigenvalue weighted by molar-refractivity contribution is 8.17. The lowest BCUT2D eigenvalue weighted by Crippen LogP contribution is -1.95. The monoisotopic (exact) mass is 274 g/mol. The normalized spacial score (nSPS) is 12.2. The fourth-order valence-corrected chi connectivity index (χ4v) is 2.11. The lowest BCUT2D eigenvalue weighted by molar-refractivity contribution is 0.422. The standard InChI is InChI=1S/C15H18N2OS/c1-6-16-14(5)19-12(3)10-11(2)18-15-8-7-9-17-13(15)4/h6-10H,1,3H2,2,4-5H3. The average molecular weight is 274 g/mol. The molecule has 100 valence electrons. The fraction of sp³-hybridized carbons (Fsp3) is 0.200. The van der Waals surface area contributed by atoms with E-state index < -0.39 is 0 Å². The predicted octanol–water partition coefficient (Wildman–Crippen LogP) is 4.48. The molecular formula is C15H18N2OS. The molecule has 0 aromatic carbocycles. The van der Waals surface area contributed by atoms with E-state index in [-0.39, 0.29) is 0 Å². The lowest BCUT2D eigenvalue weighted by atomic mass is 10.3. The van der Waals surface area contributed by atoms with Gasteiger partial charge in [0.25, 0.3) is 0 Å². The van der Waals surface area contributed by atoms with Gasteiger partial charge in [0.05, 0.1) is 10.7 Å². The van der Waals surface area contributed by atoms with Crippen LogP contribution in [-0.2, 0) is 0 Å². The first-order chi connectivity index (χ1) is 9.02. The van der Waals surface area contributed by atoms with Crippen molar-refractivity contribution in [2.24, 2.45) is 4.99 Å². The molecule has 1 heterocycles. The molecule has 0 aliphatic rings. The Morgan fingerprint density at radius 3 is 2.84 bits per heavy atom. The maximum Gasteiger partial charge on any atom is 0.148 e. The summed E-state index contributed by atoms with van der Waals surface area (Å²) in [6.07, 6.45) is 5.13. The van der Waals surface area contributed by atoms with Crippen molar-refractivity contribution in [2.45, 2.75) is 20.8 Å². The number of ether oxygens (including phenoxy) is 1. The first-order valence-electron chi connectivity index (χ1n) is 5.82. The summed E-state index contributed by atoms with van der Waals surface area (Å²) in [4.78, 5) is 9.11. The second-order valence-electron chi connectivity index (χ2n) is 3.84. The van der Waals surface area contributed by atoms with Gasteiger partial charge in [0, 0.05) is 17.3 Å². The minimum absolute atomic E-state index is 0.755. The average Bonchev–Trinajstić information content (AvgIpc) is 2.31. The third-order valence-electron chi connectivity index (χ3n) is 2.15. The number of allylic oxidation sites excluding steroid dienone is 2. The SMILES string of the molecule is C=CN=C(C)SC(=C)C=C(C)Oc1cccnc1C. The van der Waals surface area contributed by atoms with E-state index in [1.807, 2.05) is 39.0 Å². The van der Waals surface area contributed by atoms with Crippen molar-refractivity contribution >= 4 is 16.8 Å². The first-order valence-corrected chi connectivity index (χ1v) is 6.64. The van der Waals surface area contributed by atoms with E-state index >= 15 is 0 Å². The molecule has 1 rings (SSSR count). The topological polar surface area (TPSA) is 34.5 Å². The van der Waals surface area contributed by atoms with Gasteiger partial charge < -0.3 is 4.74 Å². The summed E-state index contributed by atoms with van der Waals surface area (Å²) in [6, 6.07) is 3.74. The summed E-state index contributed by atoms with van der Waals surface area (Å²) < 4.78 is 5.72. The van der Waals surface area contributed by atoms with Crippen LogP contribution in [0.1, 0.15) is 19.5 Å². The van der Waals surface area contributed by atoms with Crippen LogP contribution in [0.4, 0.5) is 0 Å². The van der Waals surface area contributed by atoms with Crippen molar-refractivity contribution in [2.75, 3.05) is 0 Å². The van der Waals surface area contributed by atoms with Crippen molar-refractivity contribution in [3.63, 3.8) is 0 Å². The minimum atomic E-state index is 0.755. The van der Waals surface area contributed by atoms with Crippen molar-refractivity contribution in [1.82, 2.24) is 4.98 Å². The molecule has 0 saturated carbocycles. The zero-order valence-corrected chi connectivity index (χ0v) is 12.3. The molecule has 0 radical (unpaired) electrons. The molecule has 0 aliphatic heterocycles. The van der Waals surface area contributed by atoms with E-state index in [0.29, 0.717) is 0 Å². The molecule has 3 nitrogen and oxygen atoms in total. The van der Waals surface area contributed by atoms with Crippen LogP contribution in [0.15, 0.2) is 59.4 Å². The third-order valence-corrected chi connectivity index (χ3v) is 2.93. The summed E-state index contributed by atoms with van der Waals surface area (Å²) in [5, 5.41) is 0.890. The van der Waals surface area contributed by atoms with Crippen molar-refractivity contribution in [3.05, 3.63) is 60.1 Å². The Balaban J connectivity index is 2.67. The molecule has 1 aromatic rings. The number of aromatic nitrogens is 1. The molecule has 1 aromatic heterocycles. The van der Waals surface area contributed by atoms with Crippen LogP contribution >= 0.6 is 11.8 Å². The summed E-state index contributed by atoms with van der Waals surface area (Å²) in [5.74, 6) is 1.52. The molecule has 19 heavy (non-hydrogen) atoms. The number of pyridine rings is 1. The van der Waals surface area contributed by atoms with E-state index in [9.17, 15) is 0 Å². The fourth-order valence-electron chi connectivity index (χ4n) is 1.38. The van der Waals surface area contributed by atoms with Gasteiger partial charge in [0.15, 0.2) is 0 Å². The molecule has 0 aliphatic carbocycles. The molecule has 0 N–H and O–H groups in total. The quantitative estimate of drug-likeness (QED) is 0.343. The van der Waals surface area contributed by atoms with Crippen LogP contribution in [-0.4, -0.2) is 10.0 Å². The Bertz CT molecular complexity index is 533. The molecule has 0 fully saturated rings. The predicted molar refractivity (Wildman–Crippen MR) is 83.4 cm³/mol. The van der Waals surface area contributed by atoms with Gasteiger partial charge in [0.1, 0.15) is 11.5 Å². The second-order valence-corrected chi connectivity index (χ2v) is 5.16.